The highest BCUT2D eigenvalue weighted by Gasteiger charge is 2.53. The topological polar surface area (TPSA) is 35.7 Å². The molecule has 2 aromatic carbocycles. The van der Waals surface area contributed by atoms with E-state index < -0.39 is 12.3 Å². The lowest BCUT2D eigenvalue weighted by Crippen LogP contribution is -3.00. The second-order valence-electron chi connectivity index (χ2n) is 7.04. The molecule has 2 aromatic rings. The van der Waals surface area contributed by atoms with Crippen molar-refractivity contribution in [1.29, 1.82) is 0 Å². The zero-order valence-electron chi connectivity index (χ0n) is 15.4. The van der Waals surface area contributed by atoms with E-state index in [-0.39, 0.29) is 22.7 Å². The Kier molecular flexibility index (Phi) is 6.35. The molecule has 0 amide bonds. The van der Waals surface area contributed by atoms with Crippen molar-refractivity contribution in [2.45, 2.75) is 38.0 Å². The number of hydrogen-bond acceptors (Lipinski definition) is 3. The lowest BCUT2D eigenvalue weighted by atomic mass is 9.99. The smallest absolute Gasteiger partial charge is 0.387 e. The van der Waals surface area contributed by atoms with E-state index in [1.165, 1.54) is 18.6 Å². The number of nitrogens with zero attached hydrogens (tertiary/aromatic N) is 2. The Morgan fingerprint density at radius 2 is 1.71 bits per heavy atom. The van der Waals surface area contributed by atoms with Gasteiger partial charge in [0.2, 0.25) is 0 Å². The number of benzene rings is 2. The van der Waals surface area contributed by atoms with Gasteiger partial charge in [-0.1, -0.05) is 18.2 Å². The first-order chi connectivity index (χ1) is 13.1. The summed E-state index contributed by atoms with van der Waals surface area (Å²) in [6.45, 7) is -1.50. The number of halogens is 3. The maximum Gasteiger partial charge on any atom is 0.387 e. The van der Waals surface area contributed by atoms with Gasteiger partial charge in [-0.15, -0.1) is 0 Å². The summed E-state index contributed by atoms with van der Waals surface area (Å²) in [4.78, 5) is 2.00. The molecule has 0 saturated carbocycles. The highest BCUT2D eigenvalue weighted by atomic mass is 79.9. The van der Waals surface area contributed by atoms with Gasteiger partial charge in [0.15, 0.2) is 6.54 Å². The minimum Gasteiger partial charge on any atom is -1.00 e. The quantitative estimate of drug-likeness (QED) is 0.701. The van der Waals surface area contributed by atoms with E-state index >= 15 is 0 Å². The molecule has 28 heavy (non-hydrogen) atoms. The summed E-state index contributed by atoms with van der Waals surface area (Å²) in [5.41, 5.74) is 0.332. The normalized spacial score (nSPS) is 21.9. The summed E-state index contributed by atoms with van der Waals surface area (Å²) in [7, 11) is 0. The van der Waals surface area contributed by atoms with Crippen LogP contribution in [0.25, 0.3) is 0 Å². The van der Waals surface area contributed by atoms with Crippen molar-refractivity contribution in [1.82, 2.24) is 0 Å². The van der Waals surface area contributed by atoms with Crippen molar-refractivity contribution in [3.05, 3.63) is 60.2 Å². The van der Waals surface area contributed by atoms with Crippen molar-refractivity contribution >= 4 is 11.5 Å². The molecule has 4 nitrogen and oxygen atoms in total. The minimum atomic E-state index is -2.86. The number of amidine groups is 1. The van der Waals surface area contributed by atoms with Crippen molar-refractivity contribution in [2.24, 2.45) is 0 Å². The van der Waals surface area contributed by atoms with Crippen LogP contribution in [-0.2, 0) is 5.72 Å². The van der Waals surface area contributed by atoms with Gasteiger partial charge in [-0.25, -0.2) is 0 Å². The van der Waals surface area contributed by atoms with Crippen molar-refractivity contribution in [2.75, 3.05) is 18.0 Å². The molecule has 1 N–H and O–H groups in total. The molecule has 0 aliphatic carbocycles. The third-order valence-electron chi connectivity index (χ3n) is 5.29. The molecule has 4 rings (SSSR count). The first-order valence-corrected chi connectivity index (χ1v) is 9.32. The number of rotatable bonds is 4. The highest BCUT2D eigenvalue weighted by molar-refractivity contribution is 5.97. The molecule has 0 fully saturated rings. The molecule has 150 valence electrons. The second-order valence-corrected chi connectivity index (χ2v) is 7.04. The van der Waals surface area contributed by atoms with E-state index in [1.54, 1.807) is 12.1 Å². The largest absolute Gasteiger partial charge is 1.00 e. The molecule has 0 saturated heterocycles. The Morgan fingerprint density at radius 3 is 2.39 bits per heavy atom. The van der Waals surface area contributed by atoms with Crippen LogP contribution in [0.4, 0.5) is 14.5 Å². The maximum absolute atomic E-state index is 12.4. The number of para-hydroxylation sites is 1. The average Bonchev–Trinajstić information content (AvgIpc) is 2.78. The van der Waals surface area contributed by atoms with Crippen molar-refractivity contribution in [3.8, 4) is 5.75 Å². The Morgan fingerprint density at radius 1 is 1.00 bits per heavy atom. The molecule has 7 heteroatoms. The first kappa shape index (κ1) is 20.7. The van der Waals surface area contributed by atoms with Crippen LogP contribution in [0.1, 0.15) is 31.2 Å². The van der Waals surface area contributed by atoms with E-state index in [2.05, 4.69) is 9.31 Å². The highest BCUT2D eigenvalue weighted by Crippen LogP contribution is 2.38. The fraction of sp³-hybridized carbons (Fsp3) is 0.381. The number of hydrogen-bond donors (Lipinski definition) is 1. The second kappa shape index (κ2) is 8.57. The van der Waals surface area contributed by atoms with Gasteiger partial charge in [-0.2, -0.15) is 13.7 Å². The van der Waals surface area contributed by atoms with Gasteiger partial charge in [-0.3, -0.25) is 4.58 Å². The van der Waals surface area contributed by atoms with Crippen LogP contribution >= 0.6 is 0 Å². The van der Waals surface area contributed by atoms with Gasteiger partial charge in [0.25, 0.3) is 11.6 Å². The summed E-state index contributed by atoms with van der Waals surface area (Å²) in [6.07, 6.45) is 4.28. The lowest BCUT2D eigenvalue weighted by Gasteiger charge is -2.29. The van der Waals surface area contributed by atoms with Gasteiger partial charge < -0.3 is 26.8 Å². The van der Waals surface area contributed by atoms with Gasteiger partial charge in [0.1, 0.15) is 11.4 Å². The number of alkyl halides is 2. The summed E-state index contributed by atoms with van der Waals surface area (Å²) in [5, 5.41) is 11.7. The SMILES string of the molecule is OC1(c2ccc(OC(F)F)cc2)C[N+]2=C(CCCCC2)N1c1ccccc1.[Br-]. The average molecular weight is 453 g/mol. The van der Waals surface area contributed by atoms with E-state index in [0.717, 1.165) is 37.3 Å². The van der Waals surface area contributed by atoms with E-state index in [0.29, 0.717) is 12.1 Å². The standard InChI is InChI=1S/C21H23F2N2O2.BrH/c22-20(23)27-18-12-10-16(11-13-18)21(26)15-24-14-6-2-5-9-19(24)25(21)17-7-3-1-4-8-17;/h1,3-4,7-8,10-13,20,26H,2,5-6,9,14-15H2;1H/q+1;/p-1. The van der Waals surface area contributed by atoms with Crippen LogP contribution in [0.2, 0.25) is 0 Å². The summed E-state index contributed by atoms with van der Waals surface area (Å²) in [6, 6.07) is 16.1. The number of aliphatic hydroxyl groups is 1. The molecule has 2 aliphatic heterocycles. The maximum atomic E-state index is 12.4. The predicted octanol–water partition coefficient (Wildman–Crippen LogP) is 0.942. The van der Waals surface area contributed by atoms with E-state index in [9.17, 15) is 13.9 Å². The predicted molar refractivity (Wildman–Crippen MR) is 99.4 cm³/mol. The Hall–Kier alpha value is -1.99. The Bertz CT molecular complexity index is 830. The number of anilines is 1. The fourth-order valence-electron chi connectivity index (χ4n) is 4.09. The molecule has 0 bridgehead atoms. The Balaban J connectivity index is 0.00000225. The fourth-order valence-corrected chi connectivity index (χ4v) is 4.09. The molecule has 0 aromatic heterocycles. The molecule has 1 atom stereocenters. The van der Waals surface area contributed by atoms with Gasteiger partial charge in [0, 0.05) is 12.0 Å². The number of ether oxygens (including phenoxy) is 1. The molecule has 2 heterocycles. The molecular weight excluding hydrogens is 430 g/mol. The zero-order valence-corrected chi connectivity index (χ0v) is 17.0. The minimum absolute atomic E-state index is 0. The van der Waals surface area contributed by atoms with Crippen LogP contribution < -0.4 is 26.6 Å². The van der Waals surface area contributed by atoms with Crippen LogP contribution in [-0.4, -0.2) is 35.2 Å². The van der Waals surface area contributed by atoms with Crippen LogP contribution in [0.3, 0.4) is 0 Å². The third kappa shape index (κ3) is 3.91. The van der Waals surface area contributed by atoms with E-state index in [1.807, 2.05) is 35.2 Å². The van der Waals surface area contributed by atoms with Crippen LogP contribution in [0.15, 0.2) is 54.6 Å². The van der Waals surface area contributed by atoms with Crippen LogP contribution in [0, 0.1) is 0 Å². The lowest BCUT2D eigenvalue weighted by molar-refractivity contribution is -0.534. The molecule has 1 unspecified atom stereocenters. The molecule has 0 spiro atoms. The van der Waals surface area contributed by atoms with Gasteiger partial charge >= 0.3 is 6.61 Å². The summed E-state index contributed by atoms with van der Waals surface area (Å²) in [5.74, 6) is 1.21. The molecule has 2 aliphatic rings. The van der Waals surface area contributed by atoms with Crippen molar-refractivity contribution < 1.29 is 40.2 Å². The first-order valence-electron chi connectivity index (χ1n) is 9.32. The zero-order chi connectivity index (χ0) is 18.9. The van der Waals surface area contributed by atoms with Crippen molar-refractivity contribution in [3.63, 3.8) is 0 Å². The monoisotopic (exact) mass is 452 g/mol. The molecule has 0 radical (unpaired) electrons. The van der Waals surface area contributed by atoms with Crippen LogP contribution in [0.5, 0.6) is 5.75 Å². The van der Waals surface area contributed by atoms with Gasteiger partial charge in [0.05, 0.1) is 6.54 Å². The van der Waals surface area contributed by atoms with E-state index in [4.69, 9.17) is 0 Å². The van der Waals surface area contributed by atoms with Gasteiger partial charge in [-0.05, 0) is 55.7 Å². The summed E-state index contributed by atoms with van der Waals surface area (Å²) < 4.78 is 31.6. The summed E-state index contributed by atoms with van der Waals surface area (Å²) >= 11 is 0. The third-order valence-corrected chi connectivity index (χ3v) is 5.29. The molecular formula is C21H23BrF2N2O2. The Labute approximate surface area is 173 Å².